The van der Waals surface area contributed by atoms with Crippen molar-refractivity contribution in [1.29, 1.82) is 0 Å². The summed E-state index contributed by atoms with van der Waals surface area (Å²) >= 11 is 0. The largest absolute Gasteiger partial charge is 0.490 e. The van der Waals surface area contributed by atoms with Gasteiger partial charge in [0.1, 0.15) is 11.8 Å². The third kappa shape index (κ3) is 4.83. The summed E-state index contributed by atoms with van der Waals surface area (Å²) in [7, 11) is 0. The Morgan fingerprint density at radius 3 is 2.58 bits per heavy atom. The minimum atomic E-state index is -0.671. The number of benzene rings is 2. The number of aryl methyl sites for hydroxylation is 1. The molecule has 0 heterocycles. The summed E-state index contributed by atoms with van der Waals surface area (Å²) in [6.45, 7) is 6.54. The van der Waals surface area contributed by atoms with E-state index < -0.39 is 6.04 Å². The molecule has 2 rings (SSSR count). The van der Waals surface area contributed by atoms with Crippen LogP contribution in [0.5, 0.6) is 5.75 Å². The molecule has 2 aromatic carbocycles. The molecule has 0 radical (unpaired) electrons. The van der Waals surface area contributed by atoms with Crippen LogP contribution in [0.1, 0.15) is 43.0 Å². The van der Waals surface area contributed by atoms with Gasteiger partial charge in [0.05, 0.1) is 6.10 Å². The molecule has 0 bridgehead atoms. The van der Waals surface area contributed by atoms with Gasteiger partial charge in [-0.15, -0.1) is 0 Å². The van der Waals surface area contributed by atoms with E-state index in [0.717, 1.165) is 28.9 Å². The number of nitrogens with two attached hydrogens (primary N) is 1. The lowest BCUT2D eigenvalue weighted by molar-refractivity contribution is -0.122. The number of carbonyl (C=O) groups is 1. The summed E-state index contributed by atoms with van der Waals surface area (Å²) in [5, 5.41) is 2.90. The quantitative estimate of drug-likeness (QED) is 0.818. The van der Waals surface area contributed by atoms with Gasteiger partial charge < -0.3 is 15.8 Å². The Balaban J connectivity index is 2.04. The summed E-state index contributed by atoms with van der Waals surface area (Å²) in [6, 6.07) is 14.7. The molecular weight excluding hydrogens is 300 g/mol. The Labute approximate surface area is 144 Å². The number of rotatable bonds is 7. The first kappa shape index (κ1) is 18.0. The van der Waals surface area contributed by atoms with Crippen LogP contribution >= 0.6 is 0 Å². The van der Waals surface area contributed by atoms with Gasteiger partial charge in [-0.05, 0) is 37.5 Å². The molecule has 4 heteroatoms. The molecule has 4 nitrogen and oxygen atoms in total. The van der Waals surface area contributed by atoms with Crippen molar-refractivity contribution >= 4 is 5.91 Å². The van der Waals surface area contributed by atoms with Gasteiger partial charge >= 0.3 is 0 Å². The van der Waals surface area contributed by atoms with Gasteiger partial charge in [-0.1, -0.05) is 49.4 Å². The van der Waals surface area contributed by atoms with E-state index in [4.69, 9.17) is 10.5 Å². The van der Waals surface area contributed by atoms with Gasteiger partial charge in [0, 0.05) is 12.1 Å². The molecule has 2 atom stereocenters. The third-order valence-corrected chi connectivity index (χ3v) is 4.02. The zero-order chi connectivity index (χ0) is 17.5. The molecule has 0 aliphatic carbocycles. The fraction of sp³-hybridized carbons (Fsp3) is 0.350. The molecule has 0 aliphatic rings. The van der Waals surface area contributed by atoms with Gasteiger partial charge in [0.25, 0.3) is 0 Å². The summed E-state index contributed by atoms with van der Waals surface area (Å²) in [5.41, 5.74) is 8.91. The Bertz CT molecular complexity index is 671. The standard InChI is InChI=1S/C20H26N2O2/c1-4-15(3)24-18-12-14(2)10-11-17(18)13-22-20(23)19(21)16-8-6-5-7-9-16/h5-12,15,19H,4,13,21H2,1-3H3,(H,22,23). The molecule has 128 valence electrons. The van der Waals surface area contributed by atoms with Crippen molar-refractivity contribution in [3.63, 3.8) is 0 Å². The van der Waals surface area contributed by atoms with Crippen LogP contribution in [0.15, 0.2) is 48.5 Å². The summed E-state index contributed by atoms with van der Waals surface area (Å²) in [6.07, 6.45) is 1.06. The highest BCUT2D eigenvalue weighted by molar-refractivity contribution is 5.82. The van der Waals surface area contributed by atoms with Crippen LogP contribution in [0.25, 0.3) is 0 Å². The summed E-state index contributed by atoms with van der Waals surface area (Å²) < 4.78 is 5.97. The van der Waals surface area contributed by atoms with Crippen molar-refractivity contribution in [2.24, 2.45) is 5.73 Å². The van der Waals surface area contributed by atoms with Gasteiger partial charge in [-0.25, -0.2) is 0 Å². The molecule has 2 unspecified atom stereocenters. The summed E-state index contributed by atoms with van der Waals surface area (Å²) in [4.78, 5) is 12.3. The zero-order valence-electron chi connectivity index (χ0n) is 14.6. The van der Waals surface area contributed by atoms with Gasteiger partial charge in [-0.2, -0.15) is 0 Å². The van der Waals surface area contributed by atoms with Crippen molar-refractivity contribution in [3.8, 4) is 5.75 Å². The van der Waals surface area contributed by atoms with Crippen molar-refractivity contribution in [1.82, 2.24) is 5.32 Å². The molecule has 3 N–H and O–H groups in total. The SMILES string of the molecule is CCC(C)Oc1cc(C)ccc1CNC(=O)C(N)c1ccccc1. The number of hydrogen-bond donors (Lipinski definition) is 2. The second kappa shape index (κ2) is 8.50. The van der Waals surface area contributed by atoms with E-state index in [0.29, 0.717) is 6.54 Å². The first-order valence-electron chi connectivity index (χ1n) is 8.35. The van der Waals surface area contributed by atoms with Gasteiger partial charge in [0.15, 0.2) is 0 Å². The maximum absolute atomic E-state index is 12.3. The van der Waals surface area contributed by atoms with Crippen LogP contribution in [0.3, 0.4) is 0 Å². The smallest absolute Gasteiger partial charge is 0.241 e. The molecule has 0 saturated carbocycles. The monoisotopic (exact) mass is 326 g/mol. The van der Waals surface area contributed by atoms with E-state index in [1.165, 1.54) is 0 Å². The Morgan fingerprint density at radius 2 is 1.92 bits per heavy atom. The summed E-state index contributed by atoms with van der Waals surface area (Å²) in [5.74, 6) is 0.620. The van der Waals surface area contributed by atoms with Crippen molar-refractivity contribution in [3.05, 3.63) is 65.2 Å². The van der Waals surface area contributed by atoms with Crippen LogP contribution in [-0.2, 0) is 11.3 Å². The van der Waals surface area contributed by atoms with Crippen LogP contribution < -0.4 is 15.8 Å². The van der Waals surface area contributed by atoms with Crippen molar-refractivity contribution < 1.29 is 9.53 Å². The van der Waals surface area contributed by atoms with E-state index >= 15 is 0 Å². The van der Waals surface area contributed by atoms with E-state index in [-0.39, 0.29) is 12.0 Å². The van der Waals surface area contributed by atoms with Crippen LogP contribution in [0.4, 0.5) is 0 Å². The lowest BCUT2D eigenvalue weighted by Gasteiger charge is -2.18. The Kier molecular flexibility index (Phi) is 6.38. The van der Waals surface area contributed by atoms with E-state index in [2.05, 4.69) is 12.2 Å². The van der Waals surface area contributed by atoms with Gasteiger partial charge in [-0.3, -0.25) is 4.79 Å². The highest BCUT2D eigenvalue weighted by Gasteiger charge is 2.16. The molecule has 0 saturated heterocycles. The first-order chi connectivity index (χ1) is 11.5. The lowest BCUT2D eigenvalue weighted by atomic mass is 10.1. The maximum Gasteiger partial charge on any atom is 0.241 e. The maximum atomic E-state index is 12.3. The average molecular weight is 326 g/mol. The van der Waals surface area contributed by atoms with Crippen molar-refractivity contribution in [2.45, 2.75) is 45.9 Å². The normalized spacial score (nSPS) is 13.2. The minimum Gasteiger partial charge on any atom is -0.490 e. The van der Waals surface area contributed by atoms with E-state index in [1.807, 2.05) is 62.4 Å². The Morgan fingerprint density at radius 1 is 1.21 bits per heavy atom. The molecule has 0 fully saturated rings. The molecule has 24 heavy (non-hydrogen) atoms. The van der Waals surface area contributed by atoms with Crippen LogP contribution in [0, 0.1) is 6.92 Å². The third-order valence-electron chi connectivity index (χ3n) is 4.02. The predicted molar refractivity (Wildman–Crippen MR) is 96.8 cm³/mol. The Hall–Kier alpha value is -2.33. The van der Waals surface area contributed by atoms with Gasteiger partial charge in [0.2, 0.25) is 5.91 Å². The highest BCUT2D eigenvalue weighted by atomic mass is 16.5. The zero-order valence-corrected chi connectivity index (χ0v) is 14.6. The number of ether oxygens (including phenoxy) is 1. The second-order valence-corrected chi connectivity index (χ2v) is 6.05. The number of hydrogen-bond acceptors (Lipinski definition) is 3. The predicted octanol–water partition coefficient (Wildman–Crippen LogP) is 3.49. The topological polar surface area (TPSA) is 64.3 Å². The fourth-order valence-electron chi connectivity index (χ4n) is 2.32. The highest BCUT2D eigenvalue weighted by Crippen LogP contribution is 2.22. The second-order valence-electron chi connectivity index (χ2n) is 6.05. The van der Waals surface area contributed by atoms with Crippen molar-refractivity contribution in [2.75, 3.05) is 0 Å². The molecule has 1 amide bonds. The average Bonchev–Trinajstić information content (AvgIpc) is 2.60. The number of carbonyl (C=O) groups excluding carboxylic acids is 1. The molecule has 2 aromatic rings. The fourth-order valence-corrected chi connectivity index (χ4v) is 2.32. The lowest BCUT2D eigenvalue weighted by Crippen LogP contribution is -2.33. The molecule has 0 aliphatic heterocycles. The number of nitrogens with one attached hydrogen (secondary N) is 1. The molecular formula is C20H26N2O2. The van der Waals surface area contributed by atoms with E-state index in [9.17, 15) is 4.79 Å². The first-order valence-corrected chi connectivity index (χ1v) is 8.35. The molecule has 0 aromatic heterocycles. The minimum absolute atomic E-state index is 0.132. The van der Waals surface area contributed by atoms with Crippen LogP contribution in [0.2, 0.25) is 0 Å². The number of amides is 1. The molecule has 0 spiro atoms. The van der Waals surface area contributed by atoms with E-state index in [1.54, 1.807) is 0 Å². The van der Waals surface area contributed by atoms with Crippen LogP contribution in [-0.4, -0.2) is 12.0 Å².